The lowest BCUT2D eigenvalue weighted by atomic mass is 10.1. The number of hydrogen-bond acceptors (Lipinski definition) is 2. The summed E-state index contributed by atoms with van der Waals surface area (Å²) < 4.78 is 0.829. The third-order valence-corrected chi connectivity index (χ3v) is 5.13. The van der Waals surface area contributed by atoms with E-state index in [2.05, 4.69) is 27.9 Å². The van der Waals surface area contributed by atoms with Crippen LogP contribution in [0.5, 0.6) is 0 Å². The van der Waals surface area contributed by atoms with Gasteiger partial charge in [0.25, 0.3) is 11.8 Å². The zero-order valence-corrected chi connectivity index (χ0v) is 15.8. The van der Waals surface area contributed by atoms with Crippen molar-refractivity contribution in [3.05, 3.63) is 62.2 Å². The van der Waals surface area contributed by atoms with E-state index < -0.39 is 0 Å². The Labute approximate surface area is 159 Å². The van der Waals surface area contributed by atoms with Crippen molar-refractivity contribution in [2.24, 2.45) is 0 Å². The smallest absolute Gasteiger partial charge is 0.256 e. The molecule has 24 heavy (non-hydrogen) atoms. The number of benzene rings is 2. The molecule has 4 nitrogen and oxygen atoms in total. The Balaban J connectivity index is 1.70. The highest BCUT2D eigenvalue weighted by Gasteiger charge is 2.19. The number of amides is 2. The lowest BCUT2D eigenvalue weighted by Gasteiger charge is -2.15. The third kappa shape index (κ3) is 3.89. The Morgan fingerprint density at radius 1 is 1.04 bits per heavy atom. The second kappa shape index (κ2) is 7.53. The summed E-state index contributed by atoms with van der Waals surface area (Å²) in [4.78, 5) is 26.5. The van der Waals surface area contributed by atoms with Crippen LogP contribution in [0.3, 0.4) is 0 Å². The largest absolute Gasteiger partial charge is 0.339 e. The number of carbonyl (C=O) groups excluding carboxylic acids is 2. The van der Waals surface area contributed by atoms with E-state index in [9.17, 15) is 9.59 Å². The number of hydrogen-bond donors (Lipinski definition) is 1. The summed E-state index contributed by atoms with van der Waals surface area (Å²) in [5, 5.41) is 3.36. The first-order valence-electron chi connectivity index (χ1n) is 7.70. The molecule has 0 bridgehead atoms. The van der Waals surface area contributed by atoms with E-state index >= 15 is 0 Å². The molecule has 1 heterocycles. The molecule has 0 atom stereocenters. The lowest BCUT2D eigenvalue weighted by Crippen LogP contribution is -2.27. The van der Waals surface area contributed by atoms with Crippen molar-refractivity contribution in [1.29, 1.82) is 0 Å². The highest BCUT2D eigenvalue weighted by atomic mass is 127. The van der Waals surface area contributed by atoms with E-state index in [1.165, 1.54) is 0 Å². The van der Waals surface area contributed by atoms with Gasteiger partial charge in [-0.25, -0.2) is 0 Å². The summed E-state index contributed by atoms with van der Waals surface area (Å²) in [6.07, 6.45) is 2.14. The van der Waals surface area contributed by atoms with Gasteiger partial charge in [-0.1, -0.05) is 11.6 Å². The molecule has 6 heteroatoms. The molecule has 0 saturated carbocycles. The fraction of sp³-hybridized carbons (Fsp3) is 0.222. The standard InChI is InChI=1S/C18H16ClIN2O2/c19-13-5-8-16(20)15(11-13)17(23)21-14-6-3-12(4-7-14)18(24)22-9-1-2-10-22/h3-8,11H,1-2,9-10H2,(H,21,23). The van der Waals surface area contributed by atoms with Crippen LogP contribution in [-0.4, -0.2) is 29.8 Å². The summed E-state index contributed by atoms with van der Waals surface area (Å²) in [5.41, 5.74) is 1.82. The molecule has 1 N–H and O–H groups in total. The van der Waals surface area contributed by atoms with Crippen molar-refractivity contribution in [1.82, 2.24) is 4.90 Å². The molecule has 2 amide bonds. The van der Waals surface area contributed by atoms with Gasteiger partial charge in [0.05, 0.1) is 5.56 Å². The van der Waals surface area contributed by atoms with Crippen molar-refractivity contribution >= 4 is 51.7 Å². The molecular formula is C18H16ClIN2O2. The van der Waals surface area contributed by atoms with Gasteiger partial charge in [0, 0.05) is 32.9 Å². The SMILES string of the molecule is O=C(Nc1ccc(C(=O)N2CCCC2)cc1)c1cc(Cl)ccc1I. The van der Waals surface area contributed by atoms with Crippen LogP contribution in [0, 0.1) is 3.57 Å². The highest BCUT2D eigenvalue weighted by molar-refractivity contribution is 14.1. The predicted molar refractivity (Wildman–Crippen MR) is 104 cm³/mol. The van der Waals surface area contributed by atoms with Crippen LogP contribution in [-0.2, 0) is 0 Å². The Kier molecular flexibility index (Phi) is 5.40. The molecule has 0 unspecified atom stereocenters. The Hall–Kier alpha value is -1.60. The van der Waals surface area contributed by atoms with Gasteiger partial charge in [0.15, 0.2) is 0 Å². The van der Waals surface area contributed by atoms with Crippen LogP contribution in [0.4, 0.5) is 5.69 Å². The molecule has 1 aliphatic heterocycles. The van der Waals surface area contributed by atoms with Gasteiger partial charge in [0.1, 0.15) is 0 Å². The number of nitrogens with zero attached hydrogens (tertiary/aromatic N) is 1. The predicted octanol–water partition coefficient (Wildman–Crippen LogP) is 4.43. The van der Waals surface area contributed by atoms with Gasteiger partial charge in [-0.2, -0.15) is 0 Å². The topological polar surface area (TPSA) is 49.4 Å². The maximum Gasteiger partial charge on any atom is 0.256 e. The van der Waals surface area contributed by atoms with E-state index in [1.54, 1.807) is 42.5 Å². The minimum atomic E-state index is -0.222. The highest BCUT2D eigenvalue weighted by Crippen LogP contribution is 2.20. The zero-order chi connectivity index (χ0) is 17.1. The van der Waals surface area contributed by atoms with Gasteiger partial charge in [0.2, 0.25) is 0 Å². The average molecular weight is 455 g/mol. The third-order valence-electron chi connectivity index (χ3n) is 3.96. The van der Waals surface area contributed by atoms with Crippen molar-refractivity contribution in [3.8, 4) is 0 Å². The van der Waals surface area contributed by atoms with Crippen LogP contribution in [0.15, 0.2) is 42.5 Å². The second-order valence-corrected chi connectivity index (χ2v) is 7.25. The molecule has 1 aliphatic rings. The van der Waals surface area contributed by atoms with Gasteiger partial charge in [-0.3, -0.25) is 9.59 Å². The number of carbonyl (C=O) groups is 2. The maximum absolute atomic E-state index is 12.4. The first-order valence-corrected chi connectivity index (χ1v) is 9.16. The minimum absolute atomic E-state index is 0.0507. The van der Waals surface area contributed by atoms with Crippen LogP contribution in [0.25, 0.3) is 0 Å². The maximum atomic E-state index is 12.4. The molecule has 0 aromatic heterocycles. The lowest BCUT2D eigenvalue weighted by molar-refractivity contribution is 0.0792. The van der Waals surface area contributed by atoms with Crippen LogP contribution >= 0.6 is 34.2 Å². The zero-order valence-electron chi connectivity index (χ0n) is 12.9. The van der Waals surface area contributed by atoms with Crippen molar-refractivity contribution < 1.29 is 9.59 Å². The van der Waals surface area contributed by atoms with Crippen LogP contribution < -0.4 is 5.32 Å². The number of halogens is 2. The number of rotatable bonds is 3. The number of likely N-dealkylation sites (tertiary alicyclic amines) is 1. The van der Waals surface area contributed by atoms with Gasteiger partial charge >= 0.3 is 0 Å². The number of anilines is 1. The van der Waals surface area contributed by atoms with Crippen molar-refractivity contribution in [2.75, 3.05) is 18.4 Å². The molecule has 0 spiro atoms. The summed E-state index contributed by atoms with van der Waals surface area (Å²) in [6, 6.07) is 12.2. The van der Waals surface area contributed by atoms with Crippen molar-refractivity contribution in [3.63, 3.8) is 0 Å². The fourth-order valence-corrected chi connectivity index (χ4v) is 3.42. The Bertz CT molecular complexity index is 771. The van der Waals surface area contributed by atoms with Crippen LogP contribution in [0.1, 0.15) is 33.6 Å². The number of nitrogens with one attached hydrogen (secondary N) is 1. The molecule has 124 valence electrons. The molecular weight excluding hydrogens is 439 g/mol. The average Bonchev–Trinajstić information content (AvgIpc) is 3.11. The molecule has 2 aromatic rings. The fourth-order valence-electron chi connectivity index (χ4n) is 2.67. The Morgan fingerprint density at radius 2 is 1.71 bits per heavy atom. The van der Waals surface area contributed by atoms with E-state index in [4.69, 9.17) is 11.6 Å². The quantitative estimate of drug-likeness (QED) is 0.698. The first-order chi connectivity index (χ1) is 11.5. The molecule has 2 aromatic carbocycles. The van der Waals surface area contributed by atoms with Gasteiger partial charge in [-0.15, -0.1) is 0 Å². The summed E-state index contributed by atoms with van der Waals surface area (Å²) in [7, 11) is 0. The first kappa shape index (κ1) is 17.2. The second-order valence-electron chi connectivity index (χ2n) is 5.65. The summed E-state index contributed by atoms with van der Waals surface area (Å²) >= 11 is 8.06. The van der Waals surface area contributed by atoms with Crippen LogP contribution in [0.2, 0.25) is 5.02 Å². The molecule has 3 rings (SSSR count). The molecule has 1 saturated heterocycles. The van der Waals surface area contributed by atoms with E-state index in [0.29, 0.717) is 21.8 Å². The van der Waals surface area contributed by atoms with Crippen molar-refractivity contribution in [2.45, 2.75) is 12.8 Å². The summed E-state index contributed by atoms with van der Waals surface area (Å²) in [6.45, 7) is 1.65. The monoisotopic (exact) mass is 454 g/mol. The van der Waals surface area contributed by atoms with Gasteiger partial charge < -0.3 is 10.2 Å². The van der Waals surface area contributed by atoms with E-state index in [1.807, 2.05) is 4.90 Å². The molecule has 1 fully saturated rings. The van der Waals surface area contributed by atoms with E-state index in [0.717, 1.165) is 29.5 Å². The molecule has 0 aliphatic carbocycles. The van der Waals surface area contributed by atoms with E-state index in [-0.39, 0.29) is 11.8 Å². The Morgan fingerprint density at radius 3 is 2.38 bits per heavy atom. The summed E-state index contributed by atoms with van der Waals surface area (Å²) in [5.74, 6) is -0.171. The molecule has 0 radical (unpaired) electrons. The minimum Gasteiger partial charge on any atom is -0.339 e. The normalized spacial score (nSPS) is 13.8. The van der Waals surface area contributed by atoms with Gasteiger partial charge in [-0.05, 0) is 77.9 Å².